The van der Waals surface area contributed by atoms with Gasteiger partial charge in [0.1, 0.15) is 16.8 Å². The number of likely N-dealkylation sites (tertiary alicyclic amines) is 1. The summed E-state index contributed by atoms with van der Waals surface area (Å²) >= 11 is 1.39. The fourth-order valence-corrected chi connectivity index (χ4v) is 4.39. The molecule has 0 N–H and O–H groups in total. The number of thioether (sulfide) groups is 1. The SMILES string of the molecule is CSc1ncc2cc(C(F)F)nc(N3CC4(CCN(C(=O)OC(C)(C)C)C4)C3)c2n1. The quantitative estimate of drug-likeness (QED) is 0.528. The molecule has 4 heterocycles. The van der Waals surface area contributed by atoms with Crippen LogP contribution in [-0.4, -0.2) is 64.0 Å². The molecule has 0 bridgehead atoms. The van der Waals surface area contributed by atoms with Crippen LogP contribution < -0.4 is 4.90 Å². The molecule has 2 aliphatic rings. The number of aromatic nitrogens is 3. The van der Waals surface area contributed by atoms with Gasteiger partial charge in [-0.3, -0.25) is 0 Å². The van der Waals surface area contributed by atoms with Gasteiger partial charge in [-0.2, -0.15) is 0 Å². The van der Waals surface area contributed by atoms with Crippen molar-refractivity contribution in [2.45, 2.75) is 44.4 Å². The molecule has 2 aromatic rings. The number of carbonyl (C=O) groups excluding carboxylic acids is 1. The highest BCUT2D eigenvalue weighted by Crippen LogP contribution is 2.43. The fraction of sp³-hybridized carbons (Fsp3) is 0.600. The summed E-state index contributed by atoms with van der Waals surface area (Å²) in [7, 11) is 0. The zero-order valence-electron chi connectivity index (χ0n) is 17.5. The Labute approximate surface area is 178 Å². The molecule has 2 aromatic heterocycles. The van der Waals surface area contributed by atoms with E-state index < -0.39 is 12.0 Å². The van der Waals surface area contributed by atoms with Gasteiger partial charge in [-0.05, 0) is 39.5 Å². The van der Waals surface area contributed by atoms with Gasteiger partial charge >= 0.3 is 6.09 Å². The Kier molecular flexibility index (Phi) is 5.24. The molecular formula is C20H25F2N5O2S. The Morgan fingerprint density at radius 3 is 2.63 bits per heavy atom. The van der Waals surface area contributed by atoms with Crippen LogP contribution in [0.15, 0.2) is 17.4 Å². The van der Waals surface area contributed by atoms with Crippen molar-refractivity contribution in [2.75, 3.05) is 37.3 Å². The van der Waals surface area contributed by atoms with Crippen LogP contribution in [0.2, 0.25) is 0 Å². The predicted molar refractivity (Wildman–Crippen MR) is 111 cm³/mol. The van der Waals surface area contributed by atoms with E-state index in [1.165, 1.54) is 17.8 Å². The summed E-state index contributed by atoms with van der Waals surface area (Å²) in [5, 5.41) is 1.12. The molecule has 2 fully saturated rings. The number of pyridine rings is 1. The van der Waals surface area contributed by atoms with Gasteiger partial charge in [-0.1, -0.05) is 11.8 Å². The molecule has 0 aliphatic carbocycles. The molecule has 30 heavy (non-hydrogen) atoms. The highest BCUT2D eigenvalue weighted by Gasteiger charge is 2.50. The lowest BCUT2D eigenvalue weighted by molar-refractivity contribution is 0.0265. The predicted octanol–water partition coefficient (Wildman–Crippen LogP) is 4.13. The van der Waals surface area contributed by atoms with Crippen molar-refractivity contribution in [1.29, 1.82) is 0 Å². The Morgan fingerprint density at radius 2 is 2.00 bits per heavy atom. The molecular weight excluding hydrogens is 412 g/mol. The minimum atomic E-state index is -2.67. The van der Waals surface area contributed by atoms with E-state index in [4.69, 9.17) is 4.74 Å². The summed E-state index contributed by atoms with van der Waals surface area (Å²) < 4.78 is 32.3. The van der Waals surface area contributed by atoms with Gasteiger partial charge in [-0.25, -0.2) is 28.5 Å². The van der Waals surface area contributed by atoms with Crippen LogP contribution in [0.25, 0.3) is 10.9 Å². The lowest BCUT2D eigenvalue weighted by atomic mass is 9.79. The van der Waals surface area contributed by atoms with Gasteiger partial charge in [-0.15, -0.1) is 0 Å². The van der Waals surface area contributed by atoms with E-state index in [1.54, 1.807) is 11.1 Å². The van der Waals surface area contributed by atoms with E-state index >= 15 is 0 Å². The van der Waals surface area contributed by atoms with Crippen molar-refractivity contribution in [1.82, 2.24) is 19.9 Å². The smallest absolute Gasteiger partial charge is 0.410 e. The van der Waals surface area contributed by atoms with E-state index in [0.717, 1.165) is 6.42 Å². The summed E-state index contributed by atoms with van der Waals surface area (Å²) in [5.41, 5.74) is -0.302. The first kappa shape index (κ1) is 21.0. The Balaban J connectivity index is 1.55. The van der Waals surface area contributed by atoms with Gasteiger partial charge in [0, 0.05) is 43.2 Å². The highest BCUT2D eigenvalue weighted by molar-refractivity contribution is 7.98. The van der Waals surface area contributed by atoms with Crippen molar-refractivity contribution in [3.8, 4) is 0 Å². The van der Waals surface area contributed by atoms with E-state index in [9.17, 15) is 13.6 Å². The maximum absolute atomic E-state index is 13.4. The maximum atomic E-state index is 13.4. The zero-order chi connectivity index (χ0) is 21.7. The van der Waals surface area contributed by atoms with E-state index in [2.05, 4.69) is 15.0 Å². The number of alkyl halides is 2. The van der Waals surface area contributed by atoms with Crippen molar-refractivity contribution in [3.63, 3.8) is 0 Å². The number of rotatable bonds is 3. The van der Waals surface area contributed by atoms with Crippen LogP contribution >= 0.6 is 11.8 Å². The Hall–Kier alpha value is -2.23. The number of halogens is 2. The zero-order valence-corrected chi connectivity index (χ0v) is 18.3. The Bertz CT molecular complexity index is 976. The first-order chi connectivity index (χ1) is 14.1. The normalized spacial score (nSPS) is 18.4. The maximum Gasteiger partial charge on any atom is 0.410 e. The van der Waals surface area contributed by atoms with Crippen LogP contribution in [0, 0.1) is 5.41 Å². The molecule has 162 valence electrons. The molecule has 2 saturated heterocycles. The van der Waals surface area contributed by atoms with E-state index in [0.29, 0.717) is 48.1 Å². The molecule has 7 nitrogen and oxygen atoms in total. The topological polar surface area (TPSA) is 71.5 Å². The molecule has 10 heteroatoms. The van der Waals surface area contributed by atoms with Gasteiger partial charge in [0.15, 0.2) is 11.0 Å². The number of carbonyl (C=O) groups is 1. The molecule has 0 saturated carbocycles. The van der Waals surface area contributed by atoms with Crippen LogP contribution in [0.4, 0.5) is 19.4 Å². The summed E-state index contributed by atoms with van der Waals surface area (Å²) in [5.74, 6) is 0.460. The molecule has 0 unspecified atom stereocenters. The van der Waals surface area contributed by atoms with Crippen molar-refractivity contribution in [2.24, 2.45) is 5.41 Å². The number of anilines is 1. The second-order valence-corrected chi connectivity index (χ2v) is 9.75. The number of fused-ring (bicyclic) bond motifs is 1. The Morgan fingerprint density at radius 1 is 1.27 bits per heavy atom. The van der Waals surface area contributed by atoms with Crippen LogP contribution in [0.1, 0.15) is 39.3 Å². The van der Waals surface area contributed by atoms with Gasteiger partial charge < -0.3 is 14.5 Å². The number of nitrogens with zero attached hydrogens (tertiary/aromatic N) is 5. The van der Waals surface area contributed by atoms with E-state index in [1.807, 2.05) is 31.9 Å². The van der Waals surface area contributed by atoms with Gasteiger partial charge in [0.05, 0.1) is 0 Å². The monoisotopic (exact) mass is 437 g/mol. The third kappa shape index (κ3) is 4.01. The number of ether oxygens (including phenoxy) is 1. The van der Waals surface area contributed by atoms with Gasteiger partial charge in [0.2, 0.25) is 0 Å². The third-order valence-electron chi connectivity index (χ3n) is 5.39. The minimum absolute atomic E-state index is 0.0683. The van der Waals surface area contributed by atoms with Crippen molar-refractivity contribution in [3.05, 3.63) is 18.0 Å². The molecule has 0 aromatic carbocycles. The van der Waals surface area contributed by atoms with Gasteiger partial charge in [0.25, 0.3) is 6.43 Å². The van der Waals surface area contributed by atoms with Crippen molar-refractivity contribution < 1.29 is 18.3 Å². The molecule has 0 atom stereocenters. The number of hydrogen-bond donors (Lipinski definition) is 0. The number of amides is 1. The van der Waals surface area contributed by atoms with Crippen LogP contribution in [0.3, 0.4) is 0 Å². The summed E-state index contributed by atoms with van der Waals surface area (Å²) in [6.45, 7) is 8.04. The standard InChI is InChI=1S/C20H25F2N5O2S/c1-19(2,3)29-18(28)26-6-5-20(9-26)10-27(11-20)16-14-12(7-13(24-16)15(21)22)8-23-17(25-14)30-4/h7-8,15H,5-6,9-11H2,1-4H3. The molecule has 2 aliphatic heterocycles. The average Bonchev–Trinajstić information content (AvgIpc) is 3.10. The summed E-state index contributed by atoms with van der Waals surface area (Å²) in [6.07, 6.45) is 1.31. The summed E-state index contributed by atoms with van der Waals surface area (Å²) in [6, 6.07) is 1.35. The molecule has 0 radical (unpaired) electrons. The molecule has 1 spiro atoms. The van der Waals surface area contributed by atoms with Crippen molar-refractivity contribution >= 4 is 34.6 Å². The van der Waals surface area contributed by atoms with Crippen LogP contribution in [0.5, 0.6) is 0 Å². The fourth-order valence-electron chi connectivity index (χ4n) is 4.05. The first-order valence-electron chi connectivity index (χ1n) is 9.82. The number of hydrogen-bond acceptors (Lipinski definition) is 7. The average molecular weight is 438 g/mol. The summed E-state index contributed by atoms with van der Waals surface area (Å²) in [4.78, 5) is 29.0. The third-order valence-corrected chi connectivity index (χ3v) is 5.96. The minimum Gasteiger partial charge on any atom is -0.444 e. The van der Waals surface area contributed by atoms with Crippen LogP contribution in [-0.2, 0) is 4.74 Å². The largest absolute Gasteiger partial charge is 0.444 e. The second kappa shape index (κ2) is 7.47. The first-order valence-corrected chi connectivity index (χ1v) is 11.0. The molecule has 1 amide bonds. The lowest BCUT2D eigenvalue weighted by Crippen LogP contribution is -2.58. The highest BCUT2D eigenvalue weighted by atomic mass is 32.2. The second-order valence-electron chi connectivity index (χ2n) is 8.97. The van der Waals surface area contributed by atoms with E-state index in [-0.39, 0.29) is 17.2 Å². The molecule has 4 rings (SSSR count). The lowest BCUT2D eigenvalue weighted by Gasteiger charge is -2.48.